The Morgan fingerprint density at radius 2 is 1.83 bits per heavy atom. The van der Waals surface area contributed by atoms with Crippen molar-refractivity contribution in [2.45, 2.75) is 13.2 Å². The SMILES string of the molecule is Cc1nnc2n1-c1ccc(Cl)cc1C(c1ccccc1Cl)=N[C@@H]2O. The number of aliphatic hydroxyl groups excluding tert-OH is 1. The molecule has 1 N–H and O–H groups in total. The number of aliphatic hydroxyl groups is 1. The summed E-state index contributed by atoms with van der Waals surface area (Å²) < 4.78 is 1.78. The Labute approximate surface area is 148 Å². The molecule has 120 valence electrons. The van der Waals surface area contributed by atoms with Gasteiger partial charge in [0.05, 0.1) is 11.4 Å². The minimum absolute atomic E-state index is 0.359. The van der Waals surface area contributed by atoms with Gasteiger partial charge in [-0.05, 0) is 31.2 Å². The summed E-state index contributed by atoms with van der Waals surface area (Å²) in [6, 6.07) is 12.8. The van der Waals surface area contributed by atoms with Gasteiger partial charge in [-0.15, -0.1) is 10.2 Å². The highest BCUT2D eigenvalue weighted by atomic mass is 35.5. The number of aliphatic imine (C=N–C) groups is 1. The number of benzene rings is 2. The summed E-state index contributed by atoms with van der Waals surface area (Å²) in [6.45, 7) is 1.82. The van der Waals surface area contributed by atoms with E-state index >= 15 is 0 Å². The molecular formula is C17H12Cl2N4O. The quantitative estimate of drug-likeness (QED) is 0.720. The third-order valence-electron chi connectivity index (χ3n) is 3.92. The van der Waals surface area contributed by atoms with Crippen LogP contribution in [0.15, 0.2) is 47.5 Å². The predicted octanol–water partition coefficient (Wildman–Crippen LogP) is 3.72. The van der Waals surface area contributed by atoms with Gasteiger partial charge in [0.1, 0.15) is 5.82 Å². The first-order valence-corrected chi connectivity index (χ1v) is 8.05. The fraction of sp³-hybridized carbons (Fsp3) is 0.118. The number of fused-ring (bicyclic) bond motifs is 3. The maximum absolute atomic E-state index is 10.5. The molecule has 0 fully saturated rings. The average Bonchev–Trinajstić information content (AvgIpc) is 2.89. The van der Waals surface area contributed by atoms with Crippen LogP contribution in [-0.2, 0) is 0 Å². The highest BCUT2D eigenvalue weighted by molar-refractivity contribution is 6.36. The Morgan fingerprint density at radius 1 is 1.04 bits per heavy atom. The van der Waals surface area contributed by atoms with Crippen molar-refractivity contribution in [1.82, 2.24) is 14.8 Å². The van der Waals surface area contributed by atoms with Gasteiger partial charge in [0.15, 0.2) is 5.82 Å². The molecule has 3 aromatic rings. The van der Waals surface area contributed by atoms with E-state index in [1.807, 2.05) is 31.2 Å². The van der Waals surface area contributed by atoms with Crippen molar-refractivity contribution in [1.29, 1.82) is 0 Å². The molecule has 1 atom stereocenters. The first kappa shape index (κ1) is 15.3. The van der Waals surface area contributed by atoms with Crippen molar-refractivity contribution < 1.29 is 5.11 Å². The number of hydrogen-bond donors (Lipinski definition) is 1. The lowest BCUT2D eigenvalue weighted by molar-refractivity contribution is 0.177. The molecule has 0 radical (unpaired) electrons. The predicted molar refractivity (Wildman–Crippen MR) is 93.2 cm³/mol. The second kappa shape index (κ2) is 5.70. The van der Waals surface area contributed by atoms with Crippen LogP contribution in [0.4, 0.5) is 0 Å². The summed E-state index contributed by atoms with van der Waals surface area (Å²) in [4.78, 5) is 4.45. The molecule has 0 saturated carbocycles. The molecule has 2 heterocycles. The van der Waals surface area contributed by atoms with Crippen molar-refractivity contribution in [3.63, 3.8) is 0 Å². The zero-order valence-corrected chi connectivity index (χ0v) is 14.1. The molecule has 2 aromatic carbocycles. The Kier molecular flexibility index (Phi) is 3.64. The van der Waals surface area contributed by atoms with Crippen molar-refractivity contribution in [2.75, 3.05) is 0 Å². The molecule has 0 bridgehead atoms. The second-order valence-corrected chi connectivity index (χ2v) is 6.28. The first-order valence-electron chi connectivity index (χ1n) is 7.29. The van der Waals surface area contributed by atoms with E-state index in [-0.39, 0.29) is 0 Å². The summed E-state index contributed by atoms with van der Waals surface area (Å²) >= 11 is 12.6. The fourth-order valence-electron chi connectivity index (χ4n) is 2.85. The van der Waals surface area contributed by atoms with E-state index in [1.165, 1.54) is 0 Å². The van der Waals surface area contributed by atoms with Gasteiger partial charge in [0, 0.05) is 21.2 Å². The molecule has 0 amide bonds. The van der Waals surface area contributed by atoms with Crippen LogP contribution in [-0.4, -0.2) is 25.6 Å². The second-order valence-electron chi connectivity index (χ2n) is 5.43. The zero-order valence-electron chi connectivity index (χ0n) is 12.6. The van der Waals surface area contributed by atoms with Gasteiger partial charge in [-0.2, -0.15) is 0 Å². The Morgan fingerprint density at radius 3 is 2.62 bits per heavy atom. The number of hydrogen-bond acceptors (Lipinski definition) is 4. The van der Waals surface area contributed by atoms with Crippen molar-refractivity contribution in [2.24, 2.45) is 4.99 Å². The van der Waals surface area contributed by atoms with Crippen LogP contribution in [0.5, 0.6) is 0 Å². The fourth-order valence-corrected chi connectivity index (χ4v) is 3.25. The normalized spacial score (nSPS) is 16.2. The van der Waals surface area contributed by atoms with Gasteiger partial charge in [0.2, 0.25) is 6.23 Å². The number of nitrogens with zero attached hydrogens (tertiary/aromatic N) is 4. The molecule has 4 rings (SSSR count). The van der Waals surface area contributed by atoms with Crippen molar-refractivity contribution in [3.05, 3.63) is 75.3 Å². The zero-order chi connectivity index (χ0) is 16.8. The molecule has 0 unspecified atom stereocenters. The number of halogens is 2. The van der Waals surface area contributed by atoms with Gasteiger partial charge in [0.25, 0.3) is 0 Å². The molecule has 5 nitrogen and oxygen atoms in total. The summed E-state index contributed by atoms with van der Waals surface area (Å²) in [7, 11) is 0. The average molecular weight is 359 g/mol. The third kappa shape index (κ3) is 2.33. The van der Waals surface area contributed by atoms with E-state index in [1.54, 1.807) is 22.8 Å². The van der Waals surface area contributed by atoms with Crippen molar-refractivity contribution >= 4 is 28.9 Å². The van der Waals surface area contributed by atoms with Crippen LogP contribution in [0.1, 0.15) is 29.0 Å². The third-order valence-corrected chi connectivity index (χ3v) is 4.48. The molecule has 0 aliphatic carbocycles. The molecular weight excluding hydrogens is 347 g/mol. The monoisotopic (exact) mass is 358 g/mol. The number of aromatic nitrogens is 3. The summed E-state index contributed by atoms with van der Waals surface area (Å²) in [6.07, 6.45) is -1.15. The molecule has 24 heavy (non-hydrogen) atoms. The lowest BCUT2D eigenvalue weighted by Gasteiger charge is -2.13. The first-order chi connectivity index (χ1) is 11.6. The van der Waals surface area contributed by atoms with Gasteiger partial charge in [-0.1, -0.05) is 41.4 Å². The maximum atomic E-state index is 10.5. The van der Waals surface area contributed by atoms with Crippen LogP contribution in [0, 0.1) is 6.92 Å². The Bertz CT molecular complexity index is 980. The summed E-state index contributed by atoms with van der Waals surface area (Å²) in [5.41, 5.74) is 2.84. The molecule has 1 aromatic heterocycles. The maximum Gasteiger partial charge on any atom is 0.207 e. The summed E-state index contributed by atoms with van der Waals surface area (Å²) in [5.74, 6) is 1.02. The minimum Gasteiger partial charge on any atom is -0.365 e. The lowest BCUT2D eigenvalue weighted by atomic mass is 10.0. The Balaban J connectivity index is 2.07. The van der Waals surface area contributed by atoms with Crippen LogP contribution in [0.25, 0.3) is 5.69 Å². The topological polar surface area (TPSA) is 63.3 Å². The highest BCUT2D eigenvalue weighted by Crippen LogP contribution is 2.32. The van der Waals surface area contributed by atoms with Gasteiger partial charge in [-0.3, -0.25) is 4.57 Å². The highest BCUT2D eigenvalue weighted by Gasteiger charge is 2.27. The van der Waals surface area contributed by atoms with E-state index in [0.717, 1.165) is 16.8 Å². The molecule has 1 aliphatic rings. The summed E-state index contributed by atoms with van der Waals surface area (Å²) in [5, 5.41) is 19.8. The van der Waals surface area contributed by atoms with E-state index in [4.69, 9.17) is 23.2 Å². The van der Waals surface area contributed by atoms with Crippen LogP contribution in [0.2, 0.25) is 10.0 Å². The van der Waals surface area contributed by atoms with Crippen LogP contribution in [0.3, 0.4) is 0 Å². The molecule has 0 saturated heterocycles. The number of aryl methyl sites for hydroxylation is 1. The van der Waals surface area contributed by atoms with Gasteiger partial charge >= 0.3 is 0 Å². The van der Waals surface area contributed by atoms with E-state index in [0.29, 0.717) is 27.4 Å². The number of rotatable bonds is 1. The van der Waals surface area contributed by atoms with Crippen molar-refractivity contribution in [3.8, 4) is 5.69 Å². The van der Waals surface area contributed by atoms with Crippen LogP contribution < -0.4 is 0 Å². The lowest BCUT2D eigenvalue weighted by Crippen LogP contribution is -2.08. The largest absolute Gasteiger partial charge is 0.365 e. The minimum atomic E-state index is -1.15. The van der Waals surface area contributed by atoms with E-state index in [9.17, 15) is 5.11 Å². The van der Waals surface area contributed by atoms with Gasteiger partial charge in [-0.25, -0.2) is 4.99 Å². The molecule has 7 heteroatoms. The van der Waals surface area contributed by atoms with Crippen LogP contribution >= 0.6 is 23.2 Å². The smallest absolute Gasteiger partial charge is 0.207 e. The van der Waals surface area contributed by atoms with Gasteiger partial charge < -0.3 is 5.11 Å². The standard InChI is InChI=1S/C17H12Cl2N4O/c1-9-21-22-16-17(24)20-15(11-4-2-3-5-13(11)19)12-8-10(18)6-7-14(12)23(9)16/h2-8,17,24H,1H3/t17-/m1/s1. The molecule has 1 aliphatic heterocycles. The Hall–Kier alpha value is -2.21. The van der Waals surface area contributed by atoms with E-state index in [2.05, 4.69) is 15.2 Å². The van der Waals surface area contributed by atoms with E-state index < -0.39 is 6.23 Å². The molecule has 0 spiro atoms.